The van der Waals surface area contributed by atoms with Gasteiger partial charge in [-0.25, -0.2) is 0 Å². The fraction of sp³-hybridized carbons (Fsp3) is 0.909. The number of rotatable bonds is 1. The molecule has 3 rings (SSSR count). The summed E-state index contributed by atoms with van der Waals surface area (Å²) in [5, 5.41) is 3.31. The van der Waals surface area contributed by atoms with Gasteiger partial charge in [0.15, 0.2) is 0 Å². The molecule has 0 radical (unpaired) electrons. The van der Waals surface area contributed by atoms with Crippen molar-refractivity contribution < 1.29 is 4.79 Å². The molecule has 1 N–H and O–H groups in total. The Balaban J connectivity index is 1.63. The molecule has 2 saturated heterocycles. The van der Waals surface area contributed by atoms with E-state index in [1.165, 1.54) is 12.8 Å². The highest BCUT2D eigenvalue weighted by Crippen LogP contribution is 2.45. The van der Waals surface area contributed by atoms with Crippen LogP contribution in [-0.2, 0) is 4.79 Å². The lowest BCUT2D eigenvalue weighted by Gasteiger charge is -2.27. The number of piperidine rings is 2. The first-order valence-corrected chi connectivity index (χ1v) is 5.87. The van der Waals surface area contributed by atoms with Gasteiger partial charge in [0.1, 0.15) is 0 Å². The Kier molecular flexibility index (Phi) is 2.01. The molecule has 3 heteroatoms. The fourth-order valence-electron chi connectivity index (χ4n) is 2.97. The molecule has 1 saturated carbocycles. The van der Waals surface area contributed by atoms with Gasteiger partial charge in [-0.05, 0) is 44.7 Å². The van der Waals surface area contributed by atoms with Gasteiger partial charge in [0.2, 0.25) is 5.91 Å². The van der Waals surface area contributed by atoms with Crippen LogP contribution < -0.4 is 5.32 Å². The molecule has 2 aliphatic heterocycles. The van der Waals surface area contributed by atoms with E-state index in [9.17, 15) is 4.79 Å². The van der Waals surface area contributed by atoms with E-state index in [-0.39, 0.29) is 0 Å². The summed E-state index contributed by atoms with van der Waals surface area (Å²) in [7, 11) is 0. The lowest BCUT2D eigenvalue weighted by atomic mass is 9.96. The van der Waals surface area contributed by atoms with Gasteiger partial charge in [-0.1, -0.05) is 0 Å². The number of hydrogen-bond donors (Lipinski definition) is 1. The van der Waals surface area contributed by atoms with Crippen LogP contribution in [0.3, 0.4) is 0 Å². The first kappa shape index (κ1) is 8.72. The van der Waals surface area contributed by atoms with E-state index < -0.39 is 0 Å². The van der Waals surface area contributed by atoms with E-state index in [1.54, 1.807) is 0 Å². The maximum absolute atomic E-state index is 12.1. The second-order valence-corrected chi connectivity index (χ2v) is 4.91. The summed E-state index contributed by atoms with van der Waals surface area (Å²) < 4.78 is 0. The molecule has 3 fully saturated rings. The van der Waals surface area contributed by atoms with Crippen molar-refractivity contribution in [1.29, 1.82) is 0 Å². The highest BCUT2D eigenvalue weighted by Gasteiger charge is 2.49. The van der Waals surface area contributed by atoms with E-state index in [0.29, 0.717) is 17.9 Å². The fourth-order valence-corrected chi connectivity index (χ4v) is 2.97. The number of nitrogens with one attached hydrogen (secondary N) is 1. The molecule has 2 atom stereocenters. The lowest BCUT2D eigenvalue weighted by molar-refractivity contribution is -0.136. The van der Waals surface area contributed by atoms with Crippen molar-refractivity contribution in [2.75, 3.05) is 19.6 Å². The van der Waals surface area contributed by atoms with Gasteiger partial charge in [0, 0.05) is 18.5 Å². The van der Waals surface area contributed by atoms with Gasteiger partial charge in [-0.3, -0.25) is 4.79 Å². The zero-order valence-corrected chi connectivity index (χ0v) is 8.54. The Morgan fingerprint density at radius 2 is 2.00 bits per heavy atom. The molecule has 14 heavy (non-hydrogen) atoms. The summed E-state index contributed by atoms with van der Waals surface area (Å²) in [5.74, 6) is 1.66. The number of carbonyl (C=O) groups excluding carboxylic acids is 1. The van der Waals surface area contributed by atoms with Gasteiger partial charge in [0.25, 0.3) is 0 Å². The second kappa shape index (κ2) is 3.23. The van der Waals surface area contributed by atoms with Crippen LogP contribution in [0.25, 0.3) is 0 Å². The Hall–Kier alpha value is -0.570. The average Bonchev–Trinajstić information content (AvgIpc) is 2.91. The van der Waals surface area contributed by atoms with Crippen molar-refractivity contribution in [2.24, 2.45) is 11.8 Å². The maximum atomic E-state index is 12.1. The van der Waals surface area contributed by atoms with E-state index >= 15 is 0 Å². The van der Waals surface area contributed by atoms with Crippen LogP contribution >= 0.6 is 0 Å². The minimum atomic E-state index is 0.329. The SMILES string of the molecule is O=C(C1CCNCC1)N1CCC2CC21. The highest BCUT2D eigenvalue weighted by molar-refractivity contribution is 5.80. The maximum Gasteiger partial charge on any atom is 0.226 e. The van der Waals surface area contributed by atoms with Gasteiger partial charge in [-0.15, -0.1) is 0 Å². The van der Waals surface area contributed by atoms with Crippen molar-refractivity contribution in [1.82, 2.24) is 10.2 Å². The minimum Gasteiger partial charge on any atom is -0.339 e. The molecule has 3 aliphatic rings. The molecule has 3 nitrogen and oxygen atoms in total. The largest absolute Gasteiger partial charge is 0.339 e. The third-order valence-corrected chi connectivity index (χ3v) is 4.00. The zero-order valence-electron chi connectivity index (χ0n) is 8.54. The highest BCUT2D eigenvalue weighted by atomic mass is 16.2. The van der Waals surface area contributed by atoms with Crippen molar-refractivity contribution in [3.8, 4) is 0 Å². The van der Waals surface area contributed by atoms with Crippen molar-refractivity contribution in [3.05, 3.63) is 0 Å². The van der Waals surface area contributed by atoms with Crippen LogP contribution in [0.5, 0.6) is 0 Å². The third kappa shape index (κ3) is 1.34. The normalized spacial score (nSPS) is 37.0. The quantitative estimate of drug-likeness (QED) is 0.663. The predicted molar refractivity (Wildman–Crippen MR) is 53.8 cm³/mol. The van der Waals surface area contributed by atoms with Crippen LogP contribution in [-0.4, -0.2) is 36.5 Å². The predicted octanol–water partition coefficient (Wildman–Crippen LogP) is 0.607. The van der Waals surface area contributed by atoms with Gasteiger partial charge < -0.3 is 10.2 Å². The summed E-state index contributed by atoms with van der Waals surface area (Å²) in [4.78, 5) is 14.3. The van der Waals surface area contributed by atoms with Crippen molar-refractivity contribution in [3.63, 3.8) is 0 Å². The average molecular weight is 194 g/mol. The smallest absolute Gasteiger partial charge is 0.226 e. The molecule has 2 heterocycles. The number of amides is 1. The van der Waals surface area contributed by atoms with Crippen LogP contribution in [0.4, 0.5) is 0 Å². The number of fused-ring (bicyclic) bond motifs is 1. The molecule has 0 aromatic rings. The van der Waals surface area contributed by atoms with E-state index in [4.69, 9.17) is 0 Å². The van der Waals surface area contributed by atoms with Crippen LogP contribution in [0, 0.1) is 11.8 Å². The lowest BCUT2D eigenvalue weighted by Crippen LogP contribution is -2.41. The second-order valence-electron chi connectivity index (χ2n) is 4.91. The summed E-state index contributed by atoms with van der Waals surface area (Å²) in [5.41, 5.74) is 0. The minimum absolute atomic E-state index is 0.329. The molecule has 0 spiro atoms. The molecule has 0 bridgehead atoms. The topological polar surface area (TPSA) is 32.3 Å². The molecule has 2 unspecified atom stereocenters. The molecular formula is C11H18N2O. The Bertz CT molecular complexity index is 248. The third-order valence-electron chi connectivity index (χ3n) is 4.00. The Morgan fingerprint density at radius 3 is 2.57 bits per heavy atom. The molecule has 1 amide bonds. The number of nitrogens with zero attached hydrogens (tertiary/aromatic N) is 1. The number of hydrogen-bond acceptors (Lipinski definition) is 2. The van der Waals surface area contributed by atoms with Gasteiger partial charge in [-0.2, -0.15) is 0 Å². The molecule has 78 valence electrons. The van der Waals surface area contributed by atoms with Crippen LogP contribution in [0.1, 0.15) is 25.7 Å². The summed E-state index contributed by atoms with van der Waals surface area (Å²) in [6, 6.07) is 0.650. The Morgan fingerprint density at radius 1 is 1.21 bits per heavy atom. The molecule has 0 aromatic heterocycles. The number of likely N-dealkylation sites (tertiary alicyclic amines) is 1. The standard InChI is InChI=1S/C11H18N2O/c14-11(8-1-4-12-5-2-8)13-6-3-9-7-10(9)13/h8-10,12H,1-7H2. The summed E-state index contributed by atoms with van der Waals surface area (Å²) >= 11 is 0. The first-order valence-electron chi connectivity index (χ1n) is 5.87. The van der Waals surface area contributed by atoms with Crippen LogP contribution in [0.15, 0.2) is 0 Å². The zero-order chi connectivity index (χ0) is 9.54. The van der Waals surface area contributed by atoms with Crippen molar-refractivity contribution in [2.45, 2.75) is 31.7 Å². The monoisotopic (exact) mass is 194 g/mol. The van der Waals surface area contributed by atoms with Crippen LogP contribution in [0.2, 0.25) is 0 Å². The molecule has 1 aliphatic carbocycles. The van der Waals surface area contributed by atoms with Gasteiger partial charge >= 0.3 is 0 Å². The van der Waals surface area contributed by atoms with E-state index in [0.717, 1.165) is 38.4 Å². The number of carbonyl (C=O) groups is 1. The van der Waals surface area contributed by atoms with Crippen molar-refractivity contribution >= 4 is 5.91 Å². The molecule has 0 aromatic carbocycles. The van der Waals surface area contributed by atoms with E-state index in [1.807, 2.05) is 0 Å². The van der Waals surface area contributed by atoms with Gasteiger partial charge in [0.05, 0.1) is 0 Å². The summed E-state index contributed by atoms with van der Waals surface area (Å²) in [6.45, 7) is 3.09. The summed E-state index contributed by atoms with van der Waals surface area (Å²) in [6.07, 6.45) is 4.65. The van der Waals surface area contributed by atoms with E-state index in [2.05, 4.69) is 10.2 Å². The first-order chi connectivity index (χ1) is 6.86. The Labute approximate surface area is 84.8 Å². The molecular weight excluding hydrogens is 176 g/mol.